The van der Waals surface area contributed by atoms with E-state index in [0.717, 1.165) is 4.47 Å². The van der Waals surface area contributed by atoms with Crippen molar-refractivity contribution in [3.63, 3.8) is 0 Å². The number of allylic oxidation sites excluding steroid dienone is 1. The first kappa shape index (κ1) is 25.8. The van der Waals surface area contributed by atoms with Gasteiger partial charge in [-0.25, -0.2) is 9.79 Å². The number of fused-ring (bicyclic) bond motifs is 1. The van der Waals surface area contributed by atoms with Crippen molar-refractivity contribution in [2.45, 2.75) is 19.9 Å². The second kappa shape index (κ2) is 10.4. The Bertz CT molecular complexity index is 1530. The molecule has 0 radical (unpaired) electrons. The molecule has 36 heavy (non-hydrogen) atoms. The number of benzene rings is 1. The molecule has 3 heterocycles. The third-order valence-corrected chi connectivity index (χ3v) is 7.17. The Morgan fingerprint density at radius 2 is 2.03 bits per heavy atom. The molecule has 0 unspecified atom stereocenters. The Balaban J connectivity index is 1.99. The molecular weight excluding hydrogens is 550 g/mol. The highest BCUT2D eigenvalue weighted by Gasteiger charge is 2.35. The first-order chi connectivity index (χ1) is 17.2. The number of methoxy groups -OCH3 is 2. The Morgan fingerprint density at radius 1 is 1.28 bits per heavy atom. The van der Waals surface area contributed by atoms with Crippen LogP contribution in [0.1, 0.15) is 31.2 Å². The highest BCUT2D eigenvalue weighted by molar-refractivity contribution is 9.10. The molecule has 0 N–H and O–H groups in total. The van der Waals surface area contributed by atoms with Crippen LogP contribution in [0, 0.1) is 0 Å². The predicted octanol–water partition coefficient (Wildman–Crippen LogP) is 3.24. The number of carbonyl (C=O) groups is 1. The van der Waals surface area contributed by atoms with Crippen LogP contribution >= 0.6 is 27.3 Å². The minimum atomic E-state index is -0.826. The second-order valence-electron chi connectivity index (χ2n) is 8.11. The molecule has 0 bridgehead atoms. The highest BCUT2D eigenvalue weighted by Crippen LogP contribution is 2.38. The van der Waals surface area contributed by atoms with E-state index in [9.17, 15) is 9.59 Å². The van der Waals surface area contributed by atoms with Gasteiger partial charge in [-0.3, -0.25) is 9.36 Å². The van der Waals surface area contributed by atoms with E-state index >= 15 is 0 Å². The van der Waals surface area contributed by atoms with Crippen molar-refractivity contribution in [3.05, 3.63) is 71.0 Å². The summed E-state index contributed by atoms with van der Waals surface area (Å²) in [4.78, 5) is 33.8. The summed E-state index contributed by atoms with van der Waals surface area (Å²) in [5, 5.41) is 0. The van der Waals surface area contributed by atoms with Gasteiger partial charge in [0.15, 0.2) is 4.80 Å². The fraction of sp³-hybridized carbons (Fsp3) is 0.320. The van der Waals surface area contributed by atoms with Crippen LogP contribution < -0.4 is 29.3 Å². The van der Waals surface area contributed by atoms with Crippen LogP contribution in [0.4, 0.5) is 5.88 Å². The maximum absolute atomic E-state index is 13.8. The van der Waals surface area contributed by atoms with E-state index in [0.29, 0.717) is 43.7 Å². The van der Waals surface area contributed by atoms with Gasteiger partial charge >= 0.3 is 5.97 Å². The Hall–Kier alpha value is -3.31. The summed E-state index contributed by atoms with van der Waals surface area (Å²) in [5.74, 6) is 1.65. The van der Waals surface area contributed by atoms with E-state index in [4.69, 9.17) is 18.6 Å². The molecule has 1 aromatic carbocycles. The first-order valence-corrected chi connectivity index (χ1v) is 12.7. The Labute approximate surface area is 220 Å². The zero-order valence-electron chi connectivity index (χ0n) is 20.7. The highest BCUT2D eigenvalue weighted by atomic mass is 79.9. The zero-order chi connectivity index (χ0) is 26.1. The van der Waals surface area contributed by atoms with Crippen LogP contribution in [-0.4, -0.2) is 45.5 Å². The summed E-state index contributed by atoms with van der Waals surface area (Å²) < 4.78 is 25.0. The minimum absolute atomic E-state index is 0.184. The van der Waals surface area contributed by atoms with Crippen molar-refractivity contribution < 1.29 is 23.4 Å². The SMILES string of the molecule is CCOC(=O)C1=C(C)N=c2s/c(=C/c3cc(Br)c(N(C)C)o3)c(=O)n2[C@@H]1c1cc(OC)ccc1OC. The number of hydrogen-bond donors (Lipinski definition) is 0. The van der Waals surface area contributed by atoms with Gasteiger partial charge in [-0.2, -0.15) is 0 Å². The molecule has 1 aliphatic heterocycles. The van der Waals surface area contributed by atoms with Crippen LogP contribution in [0.25, 0.3) is 6.08 Å². The molecule has 4 rings (SSSR count). The third kappa shape index (κ3) is 4.60. The van der Waals surface area contributed by atoms with Crippen molar-refractivity contribution in [1.82, 2.24) is 4.57 Å². The van der Waals surface area contributed by atoms with Crippen LogP contribution in [0.5, 0.6) is 11.5 Å². The van der Waals surface area contributed by atoms with E-state index in [1.165, 1.54) is 23.0 Å². The summed E-state index contributed by atoms with van der Waals surface area (Å²) in [5.41, 5.74) is 0.990. The molecule has 0 saturated heterocycles. The van der Waals surface area contributed by atoms with E-state index in [1.807, 2.05) is 19.0 Å². The minimum Gasteiger partial charge on any atom is -0.497 e. The van der Waals surface area contributed by atoms with Crippen LogP contribution in [-0.2, 0) is 9.53 Å². The Kier molecular flexibility index (Phi) is 7.41. The second-order valence-corrected chi connectivity index (χ2v) is 9.97. The molecule has 190 valence electrons. The number of halogens is 1. The van der Waals surface area contributed by atoms with Crippen molar-refractivity contribution in [2.24, 2.45) is 4.99 Å². The van der Waals surface area contributed by atoms with Gasteiger partial charge in [0.25, 0.3) is 5.56 Å². The lowest BCUT2D eigenvalue weighted by Crippen LogP contribution is -2.40. The molecule has 1 atom stereocenters. The molecule has 0 amide bonds. The number of anilines is 1. The summed E-state index contributed by atoms with van der Waals surface area (Å²) >= 11 is 4.70. The van der Waals surface area contributed by atoms with E-state index in [-0.39, 0.29) is 17.7 Å². The lowest BCUT2D eigenvalue weighted by Gasteiger charge is -2.26. The standard InChI is InChI=1S/C25H26BrN3O6S/c1-7-34-24(31)20-13(2)27-25-29(21(20)16-10-14(32-5)8-9-18(16)33-6)22(30)19(36-25)12-15-11-17(26)23(35-15)28(3)4/h8-12,21H,7H2,1-6H3/b19-12+/t21-/m1/s1. The van der Waals surface area contributed by atoms with Crippen LogP contribution in [0.3, 0.4) is 0 Å². The van der Waals surface area contributed by atoms with Gasteiger partial charge in [0, 0.05) is 31.8 Å². The number of ether oxygens (including phenoxy) is 3. The van der Waals surface area contributed by atoms with Crippen molar-refractivity contribution in [2.75, 3.05) is 39.8 Å². The van der Waals surface area contributed by atoms with Crippen LogP contribution in [0.2, 0.25) is 0 Å². The molecule has 11 heteroatoms. The maximum atomic E-state index is 13.8. The summed E-state index contributed by atoms with van der Waals surface area (Å²) in [6.45, 7) is 3.65. The largest absolute Gasteiger partial charge is 0.497 e. The van der Waals surface area contributed by atoms with Gasteiger partial charge in [-0.05, 0) is 48.0 Å². The molecule has 1 aliphatic rings. The fourth-order valence-corrected chi connectivity index (χ4v) is 5.71. The number of rotatable bonds is 7. The topological polar surface area (TPSA) is 95.5 Å². The van der Waals surface area contributed by atoms with E-state index in [2.05, 4.69) is 20.9 Å². The average Bonchev–Trinajstić information content (AvgIpc) is 3.36. The number of thiazole rings is 1. The predicted molar refractivity (Wildman–Crippen MR) is 141 cm³/mol. The smallest absolute Gasteiger partial charge is 0.338 e. The molecule has 0 aliphatic carbocycles. The van der Waals surface area contributed by atoms with Gasteiger partial charge < -0.3 is 23.5 Å². The maximum Gasteiger partial charge on any atom is 0.338 e. The van der Waals surface area contributed by atoms with Gasteiger partial charge in [0.2, 0.25) is 5.88 Å². The number of nitrogens with zero attached hydrogens (tertiary/aromatic N) is 3. The van der Waals surface area contributed by atoms with Gasteiger partial charge in [-0.1, -0.05) is 11.3 Å². The van der Waals surface area contributed by atoms with Gasteiger partial charge in [-0.15, -0.1) is 0 Å². The van der Waals surface area contributed by atoms with Gasteiger partial charge in [0.1, 0.15) is 23.3 Å². The quantitative estimate of drug-likeness (QED) is 0.399. The Morgan fingerprint density at radius 3 is 2.64 bits per heavy atom. The summed E-state index contributed by atoms with van der Waals surface area (Å²) in [6.07, 6.45) is 1.67. The van der Waals surface area contributed by atoms with Crippen molar-refractivity contribution in [1.29, 1.82) is 0 Å². The van der Waals surface area contributed by atoms with Gasteiger partial charge in [0.05, 0.1) is 41.1 Å². The normalized spacial score (nSPS) is 15.4. The lowest BCUT2D eigenvalue weighted by molar-refractivity contribution is -0.139. The number of carbonyl (C=O) groups excluding carboxylic acids is 1. The van der Waals surface area contributed by atoms with Crippen molar-refractivity contribution >= 4 is 45.2 Å². The molecule has 3 aromatic rings. The third-order valence-electron chi connectivity index (χ3n) is 5.62. The average molecular weight is 576 g/mol. The molecular formula is C25H26BrN3O6S. The number of hydrogen-bond acceptors (Lipinski definition) is 9. The number of furan rings is 1. The summed E-state index contributed by atoms with van der Waals surface area (Å²) in [7, 11) is 6.81. The molecule has 0 spiro atoms. The monoisotopic (exact) mass is 575 g/mol. The number of esters is 1. The molecule has 0 fully saturated rings. The van der Waals surface area contributed by atoms with E-state index < -0.39 is 12.0 Å². The number of aromatic nitrogens is 1. The van der Waals surface area contributed by atoms with Crippen molar-refractivity contribution in [3.8, 4) is 11.5 Å². The van der Waals surface area contributed by atoms with E-state index in [1.54, 1.807) is 51.3 Å². The lowest BCUT2D eigenvalue weighted by atomic mass is 9.95. The zero-order valence-corrected chi connectivity index (χ0v) is 23.2. The fourth-order valence-electron chi connectivity index (χ4n) is 4.02. The molecule has 9 nitrogen and oxygen atoms in total. The van der Waals surface area contributed by atoms with Crippen LogP contribution in [0.15, 0.2) is 54.2 Å². The molecule has 0 saturated carbocycles. The molecule has 2 aromatic heterocycles. The summed E-state index contributed by atoms with van der Waals surface area (Å²) in [6, 6.07) is 6.22. The first-order valence-electron chi connectivity index (χ1n) is 11.1.